The summed E-state index contributed by atoms with van der Waals surface area (Å²) in [4.78, 5) is 15.1. The highest BCUT2D eigenvalue weighted by Crippen LogP contribution is 2.44. The number of hydrogen-bond donors (Lipinski definition) is 0. The molecule has 0 N–H and O–H groups in total. The van der Waals surface area contributed by atoms with Crippen LogP contribution in [0.5, 0.6) is 0 Å². The molecule has 5 aromatic heterocycles. The number of para-hydroxylation sites is 1. The van der Waals surface area contributed by atoms with Crippen molar-refractivity contribution in [2.45, 2.75) is 0 Å². The third-order valence-corrected chi connectivity index (χ3v) is 11.4. The second kappa shape index (κ2) is 13.3. The van der Waals surface area contributed by atoms with Crippen molar-refractivity contribution in [1.29, 1.82) is 0 Å². The van der Waals surface area contributed by atoms with E-state index in [2.05, 4.69) is 136 Å². The number of aromatic nitrogens is 5. The fourth-order valence-corrected chi connectivity index (χ4v) is 8.68. The van der Waals surface area contributed by atoms with Crippen LogP contribution in [0.15, 0.2) is 205 Å². The number of hydrogen-bond acceptors (Lipinski definition) is 4. The molecule has 59 heavy (non-hydrogen) atoms. The van der Waals surface area contributed by atoms with E-state index in [0.29, 0.717) is 17.5 Å². The number of nitrogens with zero attached hydrogens (tertiary/aromatic N) is 5. The molecule has 6 heteroatoms. The molecule has 0 saturated heterocycles. The Morgan fingerprint density at radius 2 is 0.932 bits per heavy atom. The summed E-state index contributed by atoms with van der Waals surface area (Å²) in [6.45, 7) is 0. The van der Waals surface area contributed by atoms with Gasteiger partial charge in [-0.15, -0.1) is 0 Å². The molecule has 276 valence electrons. The first-order chi connectivity index (χ1) is 29.2. The lowest BCUT2D eigenvalue weighted by Crippen LogP contribution is -2.01. The Bertz CT molecular complexity index is 3490. The van der Waals surface area contributed by atoms with Gasteiger partial charge in [-0.05, 0) is 71.3 Å². The number of fused-ring (bicyclic) bond motifs is 8. The molecule has 0 radical (unpaired) electrons. The fourth-order valence-electron chi connectivity index (χ4n) is 8.68. The summed E-state index contributed by atoms with van der Waals surface area (Å²) >= 11 is 0. The van der Waals surface area contributed by atoms with E-state index in [0.717, 1.165) is 88.5 Å². The zero-order valence-corrected chi connectivity index (χ0v) is 31.7. The van der Waals surface area contributed by atoms with E-state index in [1.54, 1.807) is 0 Å². The maximum Gasteiger partial charge on any atom is 0.164 e. The van der Waals surface area contributed by atoms with Gasteiger partial charge in [-0.3, -0.25) is 0 Å². The normalized spacial score (nSPS) is 11.7. The fraction of sp³-hybridized carbons (Fsp3) is 0. The maximum atomic E-state index is 6.20. The molecular formula is C53H33N5O. The lowest BCUT2D eigenvalue weighted by Gasteiger charge is -2.13. The predicted octanol–water partition coefficient (Wildman–Crippen LogP) is 13.5. The van der Waals surface area contributed by atoms with Crippen molar-refractivity contribution >= 4 is 49.4 Å². The lowest BCUT2D eigenvalue weighted by atomic mass is 10.0. The topological polar surface area (TPSA) is 61.2 Å². The summed E-state index contributed by atoms with van der Waals surface area (Å²) in [6, 6.07) is 67.6. The molecule has 6 nitrogen and oxygen atoms in total. The van der Waals surface area contributed by atoms with Crippen LogP contribution >= 0.6 is 0 Å². The molecule has 0 aliphatic heterocycles. The van der Waals surface area contributed by atoms with E-state index >= 15 is 0 Å². The van der Waals surface area contributed by atoms with Crippen LogP contribution < -0.4 is 0 Å². The van der Waals surface area contributed by atoms with Crippen LogP contribution in [0, 0.1) is 0 Å². The molecule has 0 bridgehead atoms. The van der Waals surface area contributed by atoms with Crippen LogP contribution in [0.2, 0.25) is 0 Å². The summed E-state index contributed by atoms with van der Waals surface area (Å²) < 4.78 is 11.0. The first-order valence-electron chi connectivity index (χ1n) is 19.8. The standard InChI is InChI=1S/C53H33N5O/c1-4-15-34(16-5-1)48-45-24-12-13-30-57(45)49-43-33-37(38-27-29-47-42(32-38)41-23-10-11-25-46(41)59-47)26-28-44(43)58(50(48)49)40-22-14-21-39(31-40)53-55-51(35-17-6-2-7-18-35)54-52(56-53)36-19-8-3-9-20-36/h1-33H. The Labute approximate surface area is 338 Å². The van der Waals surface area contributed by atoms with Gasteiger partial charge in [-0.1, -0.05) is 140 Å². The molecule has 7 aromatic carbocycles. The van der Waals surface area contributed by atoms with E-state index in [9.17, 15) is 0 Å². The monoisotopic (exact) mass is 755 g/mol. The first kappa shape index (κ1) is 33.1. The summed E-state index contributed by atoms with van der Waals surface area (Å²) in [6.07, 6.45) is 2.18. The van der Waals surface area contributed by atoms with E-state index in [-0.39, 0.29) is 0 Å². The van der Waals surface area contributed by atoms with Crippen molar-refractivity contribution in [3.05, 3.63) is 200 Å². The molecule has 0 spiro atoms. The molecule has 0 saturated carbocycles. The predicted molar refractivity (Wildman–Crippen MR) is 240 cm³/mol. The van der Waals surface area contributed by atoms with E-state index in [1.165, 1.54) is 5.56 Å². The van der Waals surface area contributed by atoms with Gasteiger partial charge in [0.2, 0.25) is 0 Å². The highest BCUT2D eigenvalue weighted by molar-refractivity contribution is 6.18. The van der Waals surface area contributed by atoms with Crippen molar-refractivity contribution in [2.24, 2.45) is 0 Å². The van der Waals surface area contributed by atoms with E-state index in [1.807, 2.05) is 72.8 Å². The van der Waals surface area contributed by atoms with Gasteiger partial charge in [0, 0.05) is 50.3 Å². The van der Waals surface area contributed by atoms with Crippen LogP contribution in [0.1, 0.15) is 0 Å². The van der Waals surface area contributed by atoms with Gasteiger partial charge in [-0.2, -0.15) is 0 Å². The minimum Gasteiger partial charge on any atom is -0.456 e. The lowest BCUT2D eigenvalue weighted by molar-refractivity contribution is 0.669. The van der Waals surface area contributed by atoms with Gasteiger partial charge >= 0.3 is 0 Å². The number of benzene rings is 7. The quantitative estimate of drug-likeness (QED) is 0.170. The Morgan fingerprint density at radius 3 is 1.66 bits per heavy atom. The second-order valence-electron chi connectivity index (χ2n) is 14.9. The average Bonchev–Trinajstić information content (AvgIpc) is 3.97. The Kier molecular flexibility index (Phi) is 7.43. The van der Waals surface area contributed by atoms with Crippen molar-refractivity contribution in [2.75, 3.05) is 0 Å². The third kappa shape index (κ3) is 5.38. The third-order valence-electron chi connectivity index (χ3n) is 11.4. The minimum absolute atomic E-state index is 0.613. The van der Waals surface area contributed by atoms with E-state index in [4.69, 9.17) is 19.4 Å². The van der Waals surface area contributed by atoms with Crippen LogP contribution in [0.4, 0.5) is 0 Å². The number of furan rings is 1. The Morgan fingerprint density at radius 1 is 0.356 bits per heavy atom. The molecule has 0 aliphatic rings. The van der Waals surface area contributed by atoms with Crippen LogP contribution in [-0.4, -0.2) is 23.9 Å². The van der Waals surface area contributed by atoms with Crippen LogP contribution in [0.3, 0.4) is 0 Å². The van der Waals surface area contributed by atoms with Crippen molar-refractivity contribution in [3.8, 4) is 62.1 Å². The number of pyridine rings is 1. The van der Waals surface area contributed by atoms with Crippen molar-refractivity contribution in [1.82, 2.24) is 23.9 Å². The van der Waals surface area contributed by atoms with Gasteiger partial charge in [0.1, 0.15) is 11.2 Å². The molecule has 12 aromatic rings. The highest BCUT2D eigenvalue weighted by atomic mass is 16.3. The average molecular weight is 756 g/mol. The Hall–Kier alpha value is -8.09. The molecule has 0 unspecified atom stereocenters. The SMILES string of the molecule is c1ccc(-c2nc(-c3ccccc3)nc(-c3cccc(-n4c5ccc(-c6ccc7oc8ccccc8c7c6)cc5c5c4c(-c4ccccc4)c4ccccn45)c3)n2)cc1. The van der Waals surface area contributed by atoms with E-state index < -0.39 is 0 Å². The molecule has 12 rings (SSSR count). The summed E-state index contributed by atoms with van der Waals surface area (Å²) in [5, 5.41) is 3.39. The summed E-state index contributed by atoms with van der Waals surface area (Å²) in [7, 11) is 0. The zero-order chi connectivity index (χ0) is 38.9. The molecule has 0 fully saturated rings. The smallest absolute Gasteiger partial charge is 0.164 e. The highest BCUT2D eigenvalue weighted by Gasteiger charge is 2.24. The largest absolute Gasteiger partial charge is 0.456 e. The summed E-state index contributed by atoms with van der Waals surface area (Å²) in [5.74, 6) is 1.88. The molecule has 0 atom stereocenters. The molecular weight excluding hydrogens is 723 g/mol. The van der Waals surface area contributed by atoms with Gasteiger partial charge in [-0.25, -0.2) is 15.0 Å². The molecule has 0 amide bonds. The van der Waals surface area contributed by atoms with Crippen LogP contribution in [-0.2, 0) is 0 Å². The Balaban J connectivity index is 1.11. The van der Waals surface area contributed by atoms with Gasteiger partial charge in [0.15, 0.2) is 17.5 Å². The van der Waals surface area contributed by atoms with Gasteiger partial charge in [0.25, 0.3) is 0 Å². The summed E-state index contributed by atoms with van der Waals surface area (Å²) in [5.41, 5.74) is 14.7. The van der Waals surface area contributed by atoms with Crippen molar-refractivity contribution in [3.63, 3.8) is 0 Å². The van der Waals surface area contributed by atoms with Crippen LogP contribution in [0.25, 0.3) is 111 Å². The van der Waals surface area contributed by atoms with Gasteiger partial charge < -0.3 is 13.4 Å². The number of rotatable bonds is 6. The zero-order valence-electron chi connectivity index (χ0n) is 31.7. The molecule has 0 aliphatic carbocycles. The minimum atomic E-state index is 0.613. The second-order valence-corrected chi connectivity index (χ2v) is 14.9. The van der Waals surface area contributed by atoms with Gasteiger partial charge in [0.05, 0.1) is 22.1 Å². The first-order valence-corrected chi connectivity index (χ1v) is 19.8. The maximum absolute atomic E-state index is 6.20. The molecule has 5 heterocycles. The van der Waals surface area contributed by atoms with Crippen molar-refractivity contribution < 1.29 is 4.42 Å².